The van der Waals surface area contributed by atoms with Crippen LogP contribution in [0.4, 0.5) is 11.4 Å². The van der Waals surface area contributed by atoms with Crippen molar-refractivity contribution in [1.29, 1.82) is 5.26 Å². The topological polar surface area (TPSA) is 99.5 Å². The summed E-state index contributed by atoms with van der Waals surface area (Å²) in [6.07, 6.45) is 5.04. The predicted molar refractivity (Wildman–Crippen MR) is 126 cm³/mol. The van der Waals surface area contributed by atoms with Gasteiger partial charge in [0, 0.05) is 43.3 Å². The average Bonchev–Trinajstić information content (AvgIpc) is 2.75. The van der Waals surface area contributed by atoms with E-state index in [0.717, 1.165) is 23.9 Å². The van der Waals surface area contributed by atoms with Gasteiger partial charge in [0.15, 0.2) is 0 Å². The van der Waals surface area contributed by atoms with Crippen molar-refractivity contribution >= 4 is 28.2 Å². The lowest BCUT2D eigenvalue weighted by molar-refractivity contribution is -0.111. The highest BCUT2D eigenvalue weighted by atomic mass is 16.5. The van der Waals surface area contributed by atoms with Gasteiger partial charge in [-0.2, -0.15) is 5.26 Å². The molecule has 1 fully saturated rings. The van der Waals surface area contributed by atoms with E-state index >= 15 is 0 Å². The zero-order valence-corrected chi connectivity index (χ0v) is 19.2. The number of nitrogens with one attached hydrogen (secondary N) is 2. The third kappa shape index (κ3) is 5.75. The SMILES string of the molecule is CCOc1cc2nc(C)c(C#N)c(NC3CCOCC3)c2cc1NC(=O)/C=C/CN(C)C. The third-order valence-corrected chi connectivity index (χ3v) is 5.25. The summed E-state index contributed by atoms with van der Waals surface area (Å²) in [6, 6.07) is 6.16. The maximum absolute atomic E-state index is 12.5. The Hall–Kier alpha value is -3.15. The number of carbonyl (C=O) groups excluding carboxylic acids is 1. The molecule has 0 saturated carbocycles. The van der Waals surface area contributed by atoms with Crippen LogP contribution in [-0.2, 0) is 9.53 Å². The molecule has 1 aliphatic heterocycles. The second kappa shape index (κ2) is 10.9. The molecule has 0 bridgehead atoms. The molecule has 1 saturated heterocycles. The number of hydrogen-bond donors (Lipinski definition) is 2. The zero-order chi connectivity index (χ0) is 23.1. The Morgan fingerprint density at radius 2 is 2.12 bits per heavy atom. The first-order valence-electron chi connectivity index (χ1n) is 10.9. The van der Waals surface area contributed by atoms with Crippen LogP contribution in [0.25, 0.3) is 10.9 Å². The molecular formula is C24H31N5O3. The van der Waals surface area contributed by atoms with Crippen molar-refractivity contribution < 1.29 is 14.3 Å². The van der Waals surface area contributed by atoms with Crippen molar-refractivity contribution in [1.82, 2.24) is 9.88 Å². The van der Waals surface area contributed by atoms with Crippen LogP contribution >= 0.6 is 0 Å². The fourth-order valence-corrected chi connectivity index (χ4v) is 3.66. The Bertz CT molecular complexity index is 1040. The molecule has 8 nitrogen and oxygen atoms in total. The van der Waals surface area contributed by atoms with Crippen LogP contribution in [0.15, 0.2) is 24.3 Å². The minimum absolute atomic E-state index is 0.208. The zero-order valence-electron chi connectivity index (χ0n) is 19.2. The van der Waals surface area contributed by atoms with E-state index in [0.29, 0.717) is 54.6 Å². The van der Waals surface area contributed by atoms with E-state index in [4.69, 9.17) is 9.47 Å². The summed E-state index contributed by atoms with van der Waals surface area (Å²) < 4.78 is 11.3. The lowest BCUT2D eigenvalue weighted by atomic mass is 10.0. The Morgan fingerprint density at radius 3 is 2.78 bits per heavy atom. The van der Waals surface area contributed by atoms with Gasteiger partial charge < -0.3 is 25.0 Å². The molecule has 0 radical (unpaired) electrons. The van der Waals surface area contributed by atoms with Gasteiger partial charge in [0.05, 0.1) is 34.8 Å². The van der Waals surface area contributed by atoms with Gasteiger partial charge >= 0.3 is 0 Å². The van der Waals surface area contributed by atoms with Crippen LogP contribution in [0.3, 0.4) is 0 Å². The number of fused-ring (bicyclic) bond motifs is 1. The van der Waals surface area contributed by atoms with E-state index in [1.54, 1.807) is 6.08 Å². The second-order valence-electron chi connectivity index (χ2n) is 8.04. The molecule has 0 atom stereocenters. The second-order valence-corrected chi connectivity index (χ2v) is 8.04. The van der Waals surface area contributed by atoms with Gasteiger partial charge in [-0.1, -0.05) is 6.08 Å². The van der Waals surface area contributed by atoms with Crippen molar-refractivity contribution in [2.75, 3.05) is 51.1 Å². The van der Waals surface area contributed by atoms with Gasteiger partial charge in [-0.3, -0.25) is 9.78 Å². The van der Waals surface area contributed by atoms with E-state index in [9.17, 15) is 10.1 Å². The van der Waals surface area contributed by atoms with E-state index in [-0.39, 0.29) is 11.9 Å². The number of likely N-dealkylation sites (N-methyl/N-ethyl adjacent to an activating group) is 1. The van der Waals surface area contributed by atoms with Crippen LogP contribution in [0.1, 0.15) is 31.0 Å². The average molecular weight is 438 g/mol. The van der Waals surface area contributed by atoms with Crippen LogP contribution in [0.5, 0.6) is 5.75 Å². The molecule has 1 aliphatic rings. The molecule has 1 aromatic heterocycles. The number of nitriles is 1. The van der Waals surface area contributed by atoms with Crippen molar-refractivity contribution in [2.24, 2.45) is 0 Å². The first-order chi connectivity index (χ1) is 15.4. The highest BCUT2D eigenvalue weighted by molar-refractivity contribution is 6.04. The summed E-state index contributed by atoms with van der Waals surface area (Å²) in [6.45, 7) is 6.22. The van der Waals surface area contributed by atoms with Gasteiger partial charge in [0.25, 0.3) is 0 Å². The van der Waals surface area contributed by atoms with Crippen LogP contribution in [0, 0.1) is 18.3 Å². The summed E-state index contributed by atoms with van der Waals surface area (Å²) in [5.74, 6) is 0.301. The molecule has 3 rings (SSSR count). The van der Waals surface area contributed by atoms with Crippen LogP contribution in [0.2, 0.25) is 0 Å². The largest absolute Gasteiger partial charge is 0.492 e. The van der Waals surface area contributed by atoms with Crippen molar-refractivity contribution in [3.05, 3.63) is 35.5 Å². The molecular weight excluding hydrogens is 406 g/mol. The summed E-state index contributed by atoms with van der Waals surface area (Å²) in [4.78, 5) is 19.1. The highest BCUT2D eigenvalue weighted by Gasteiger charge is 2.20. The predicted octanol–water partition coefficient (Wildman–Crippen LogP) is 3.46. The Labute approximate surface area is 189 Å². The molecule has 0 aliphatic carbocycles. The molecule has 2 aromatic rings. The smallest absolute Gasteiger partial charge is 0.248 e. The quantitative estimate of drug-likeness (QED) is 0.610. The Balaban J connectivity index is 2.04. The Morgan fingerprint density at radius 1 is 1.38 bits per heavy atom. The van der Waals surface area contributed by atoms with Gasteiger partial charge in [-0.15, -0.1) is 0 Å². The lowest BCUT2D eigenvalue weighted by Crippen LogP contribution is -2.28. The molecule has 2 N–H and O–H groups in total. The van der Waals surface area contributed by atoms with Gasteiger partial charge in [-0.05, 0) is 46.9 Å². The van der Waals surface area contributed by atoms with E-state index < -0.39 is 0 Å². The summed E-state index contributed by atoms with van der Waals surface area (Å²) in [7, 11) is 3.88. The Kier molecular flexibility index (Phi) is 8.03. The van der Waals surface area contributed by atoms with Crippen molar-refractivity contribution in [2.45, 2.75) is 32.7 Å². The molecule has 2 heterocycles. The van der Waals surface area contributed by atoms with Gasteiger partial charge in [0.1, 0.15) is 11.8 Å². The molecule has 170 valence electrons. The molecule has 32 heavy (non-hydrogen) atoms. The standard InChI is InChI=1S/C24H31N5O3/c1-5-32-22-14-20-18(13-21(22)28-23(30)7-6-10-29(3)4)24(19(15-25)16(2)26-20)27-17-8-11-31-12-9-17/h6-7,13-14,17H,5,8-12H2,1-4H3,(H,26,27)(H,28,30)/b7-6+. The number of ether oxygens (including phenoxy) is 2. The number of hydrogen-bond acceptors (Lipinski definition) is 7. The number of pyridine rings is 1. The number of aromatic nitrogens is 1. The molecule has 1 aromatic carbocycles. The van der Waals surface area contributed by atoms with Crippen LogP contribution < -0.4 is 15.4 Å². The normalized spacial score (nSPS) is 14.6. The maximum atomic E-state index is 12.5. The summed E-state index contributed by atoms with van der Waals surface area (Å²) in [5.41, 5.74) is 3.16. The van der Waals surface area contributed by atoms with Crippen molar-refractivity contribution in [3.63, 3.8) is 0 Å². The van der Waals surface area contributed by atoms with Gasteiger partial charge in [0.2, 0.25) is 5.91 Å². The highest BCUT2D eigenvalue weighted by Crippen LogP contribution is 2.36. The van der Waals surface area contributed by atoms with E-state index in [1.807, 2.05) is 45.0 Å². The fraction of sp³-hybridized carbons (Fsp3) is 0.458. The monoisotopic (exact) mass is 437 g/mol. The van der Waals surface area contributed by atoms with E-state index in [1.165, 1.54) is 6.08 Å². The van der Waals surface area contributed by atoms with E-state index in [2.05, 4.69) is 21.7 Å². The first kappa shape index (κ1) is 23.5. The molecule has 0 spiro atoms. The molecule has 1 amide bonds. The fourth-order valence-electron chi connectivity index (χ4n) is 3.66. The molecule has 0 unspecified atom stereocenters. The molecule has 8 heteroatoms. The first-order valence-corrected chi connectivity index (χ1v) is 10.9. The van der Waals surface area contributed by atoms with Crippen molar-refractivity contribution in [3.8, 4) is 11.8 Å². The minimum atomic E-state index is -0.244. The summed E-state index contributed by atoms with van der Waals surface area (Å²) in [5, 5.41) is 17.1. The number of carbonyl (C=O) groups is 1. The van der Waals surface area contributed by atoms with Crippen LogP contribution in [-0.4, -0.2) is 62.3 Å². The minimum Gasteiger partial charge on any atom is -0.492 e. The summed E-state index contributed by atoms with van der Waals surface area (Å²) >= 11 is 0. The number of benzene rings is 1. The lowest BCUT2D eigenvalue weighted by Gasteiger charge is -2.26. The number of aryl methyl sites for hydroxylation is 1. The third-order valence-electron chi connectivity index (χ3n) is 5.25. The maximum Gasteiger partial charge on any atom is 0.248 e. The number of nitrogens with zero attached hydrogens (tertiary/aromatic N) is 3. The number of rotatable bonds is 8. The number of amides is 1. The number of anilines is 2. The van der Waals surface area contributed by atoms with Gasteiger partial charge in [-0.25, -0.2) is 0 Å².